The van der Waals surface area contributed by atoms with Crippen molar-refractivity contribution in [1.29, 1.82) is 0 Å². The standard InChI is InChI=1S/C22H16F2N4O/c23-17-9-14(29-12-21-27-19-5-1-2-6-20(19)28-21)10-18(24)16(17)8-13-11-26-22-15(13)4-3-7-25-22/h1-7,9-11H,8,12H2,(H,25,26)(H,27,28). The van der Waals surface area contributed by atoms with Gasteiger partial charge < -0.3 is 14.7 Å². The second-order valence-electron chi connectivity index (χ2n) is 6.75. The van der Waals surface area contributed by atoms with Gasteiger partial charge in [0, 0.05) is 41.9 Å². The zero-order valence-corrected chi connectivity index (χ0v) is 15.2. The zero-order valence-electron chi connectivity index (χ0n) is 15.2. The summed E-state index contributed by atoms with van der Waals surface area (Å²) in [6, 6.07) is 13.6. The molecule has 0 aliphatic carbocycles. The Morgan fingerprint density at radius 3 is 2.66 bits per heavy atom. The number of benzene rings is 2. The summed E-state index contributed by atoms with van der Waals surface area (Å²) in [5, 5.41) is 0.844. The fourth-order valence-corrected chi connectivity index (χ4v) is 3.41. The fraction of sp³-hybridized carbons (Fsp3) is 0.0909. The quantitative estimate of drug-likeness (QED) is 0.449. The molecule has 5 aromatic rings. The Labute approximate surface area is 164 Å². The monoisotopic (exact) mass is 390 g/mol. The normalized spacial score (nSPS) is 11.4. The summed E-state index contributed by atoms with van der Waals surface area (Å²) < 4.78 is 34.8. The van der Waals surface area contributed by atoms with Crippen LogP contribution in [0, 0.1) is 11.6 Å². The van der Waals surface area contributed by atoms with Gasteiger partial charge in [0.15, 0.2) is 0 Å². The summed E-state index contributed by atoms with van der Waals surface area (Å²) >= 11 is 0. The SMILES string of the molecule is Fc1cc(OCc2nc3ccccc3[nH]2)cc(F)c1Cc1c[nH]c2ncccc12. The number of hydrogen-bond acceptors (Lipinski definition) is 3. The van der Waals surface area contributed by atoms with Gasteiger partial charge in [-0.05, 0) is 29.8 Å². The molecule has 29 heavy (non-hydrogen) atoms. The Bertz CT molecular complexity index is 1270. The zero-order chi connectivity index (χ0) is 19.8. The number of H-pyrrole nitrogens is 2. The predicted molar refractivity (Wildman–Crippen MR) is 106 cm³/mol. The molecular weight excluding hydrogens is 374 g/mol. The summed E-state index contributed by atoms with van der Waals surface area (Å²) in [4.78, 5) is 14.7. The van der Waals surface area contributed by atoms with Crippen molar-refractivity contribution < 1.29 is 13.5 Å². The third-order valence-electron chi connectivity index (χ3n) is 4.83. The number of imidazole rings is 1. The van der Waals surface area contributed by atoms with Gasteiger partial charge in [-0.3, -0.25) is 0 Å². The third-order valence-corrected chi connectivity index (χ3v) is 4.83. The van der Waals surface area contributed by atoms with E-state index in [0.29, 0.717) is 11.5 Å². The van der Waals surface area contributed by atoms with Crippen LogP contribution in [0.1, 0.15) is 17.0 Å². The van der Waals surface area contributed by atoms with Crippen LogP contribution >= 0.6 is 0 Å². The Kier molecular flexibility index (Phi) is 4.20. The highest BCUT2D eigenvalue weighted by atomic mass is 19.1. The highest BCUT2D eigenvalue weighted by Gasteiger charge is 2.15. The van der Waals surface area contributed by atoms with E-state index in [0.717, 1.165) is 22.0 Å². The molecule has 0 aliphatic rings. The lowest BCUT2D eigenvalue weighted by Gasteiger charge is -2.09. The average Bonchev–Trinajstić information content (AvgIpc) is 3.33. The van der Waals surface area contributed by atoms with Crippen LogP contribution in [0.25, 0.3) is 22.1 Å². The lowest BCUT2D eigenvalue weighted by Crippen LogP contribution is -2.02. The topological polar surface area (TPSA) is 66.6 Å². The maximum absolute atomic E-state index is 14.6. The number of pyridine rings is 1. The lowest BCUT2D eigenvalue weighted by atomic mass is 10.0. The maximum Gasteiger partial charge on any atom is 0.146 e. The first-order valence-electron chi connectivity index (χ1n) is 9.13. The average molecular weight is 390 g/mol. The Balaban J connectivity index is 1.36. The van der Waals surface area contributed by atoms with E-state index in [1.807, 2.05) is 30.3 Å². The minimum atomic E-state index is -0.650. The smallest absolute Gasteiger partial charge is 0.146 e. The number of nitrogens with one attached hydrogen (secondary N) is 2. The van der Waals surface area contributed by atoms with Crippen molar-refractivity contribution in [2.24, 2.45) is 0 Å². The van der Waals surface area contributed by atoms with Crippen LogP contribution in [0.4, 0.5) is 8.78 Å². The first-order chi connectivity index (χ1) is 14.2. The molecule has 2 N–H and O–H groups in total. The van der Waals surface area contributed by atoms with E-state index in [2.05, 4.69) is 19.9 Å². The van der Waals surface area contributed by atoms with Crippen LogP contribution in [0.5, 0.6) is 5.75 Å². The largest absolute Gasteiger partial charge is 0.485 e. The van der Waals surface area contributed by atoms with Gasteiger partial charge in [0.2, 0.25) is 0 Å². The van der Waals surface area contributed by atoms with Gasteiger partial charge in [0.25, 0.3) is 0 Å². The van der Waals surface area contributed by atoms with Gasteiger partial charge in [-0.2, -0.15) is 0 Å². The predicted octanol–water partition coefficient (Wildman–Crippen LogP) is 4.89. The van der Waals surface area contributed by atoms with Crippen LogP contribution < -0.4 is 4.74 Å². The number of para-hydroxylation sites is 2. The number of halogens is 2. The van der Waals surface area contributed by atoms with E-state index in [9.17, 15) is 8.78 Å². The van der Waals surface area contributed by atoms with Gasteiger partial charge in [-0.15, -0.1) is 0 Å². The molecule has 3 heterocycles. The summed E-state index contributed by atoms with van der Waals surface area (Å²) in [6.45, 7) is 0.0843. The molecule has 0 bridgehead atoms. The van der Waals surface area contributed by atoms with Gasteiger partial charge in [-0.1, -0.05) is 12.1 Å². The Morgan fingerprint density at radius 2 is 1.83 bits per heavy atom. The molecule has 0 fully saturated rings. The van der Waals surface area contributed by atoms with Crippen molar-refractivity contribution in [2.45, 2.75) is 13.0 Å². The fourth-order valence-electron chi connectivity index (χ4n) is 3.41. The number of fused-ring (bicyclic) bond motifs is 2. The van der Waals surface area contributed by atoms with Gasteiger partial charge in [0.05, 0.1) is 11.0 Å². The molecule has 0 spiro atoms. The van der Waals surface area contributed by atoms with Crippen LogP contribution in [0.2, 0.25) is 0 Å². The summed E-state index contributed by atoms with van der Waals surface area (Å²) in [5.41, 5.74) is 3.15. The van der Waals surface area contributed by atoms with Crippen molar-refractivity contribution in [3.63, 3.8) is 0 Å². The first-order valence-corrected chi connectivity index (χ1v) is 9.13. The summed E-state index contributed by atoms with van der Waals surface area (Å²) in [7, 11) is 0. The van der Waals surface area contributed by atoms with E-state index in [1.165, 1.54) is 12.1 Å². The van der Waals surface area contributed by atoms with Crippen molar-refractivity contribution in [2.75, 3.05) is 0 Å². The third kappa shape index (κ3) is 3.31. The molecule has 0 atom stereocenters. The second kappa shape index (κ2) is 7.01. The van der Waals surface area contributed by atoms with Crippen LogP contribution in [0.3, 0.4) is 0 Å². The molecule has 5 nitrogen and oxygen atoms in total. The van der Waals surface area contributed by atoms with Crippen molar-refractivity contribution in [3.05, 3.63) is 89.5 Å². The molecule has 0 radical (unpaired) electrons. The Hall–Kier alpha value is -3.74. The molecule has 0 amide bonds. The van der Waals surface area contributed by atoms with Crippen LogP contribution in [0.15, 0.2) is 60.9 Å². The van der Waals surface area contributed by atoms with Gasteiger partial charge >= 0.3 is 0 Å². The molecule has 0 saturated carbocycles. The molecule has 144 valence electrons. The van der Waals surface area contributed by atoms with Crippen LogP contribution in [-0.2, 0) is 13.0 Å². The molecule has 0 unspecified atom stereocenters. The molecule has 5 rings (SSSR count). The molecule has 0 aliphatic heterocycles. The minimum Gasteiger partial charge on any atom is -0.485 e. The molecular formula is C22H16F2N4O. The Morgan fingerprint density at radius 1 is 1.00 bits per heavy atom. The van der Waals surface area contributed by atoms with Crippen molar-refractivity contribution >= 4 is 22.1 Å². The van der Waals surface area contributed by atoms with Crippen molar-refractivity contribution in [1.82, 2.24) is 19.9 Å². The molecule has 0 saturated heterocycles. The van der Waals surface area contributed by atoms with Crippen molar-refractivity contribution in [3.8, 4) is 5.75 Å². The van der Waals surface area contributed by atoms with E-state index in [4.69, 9.17) is 4.74 Å². The lowest BCUT2D eigenvalue weighted by molar-refractivity contribution is 0.294. The molecule has 7 heteroatoms. The number of ether oxygens (including phenoxy) is 1. The van der Waals surface area contributed by atoms with Gasteiger partial charge in [0.1, 0.15) is 35.5 Å². The number of aromatic amines is 2. The molecule has 2 aromatic carbocycles. The minimum absolute atomic E-state index is 0.00848. The number of hydrogen-bond donors (Lipinski definition) is 2. The summed E-state index contributed by atoms with van der Waals surface area (Å²) in [6.07, 6.45) is 3.51. The highest BCUT2D eigenvalue weighted by molar-refractivity contribution is 5.79. The number of rotatable bonds is 5. The first kappa shape index (κ1) is 17.4. The highest BCUT2D eigenvalue weighted by Crippen LogP contribution is 2.26. The second-order valence-corrected chi connectivity index (χ2v) is 6.75. The van der Waals surface area contributed by atoms with Crippen LogP contribution in [-0.4, -0.2) is 19.9 Å². The number of aromatic nitrogens is 4. The van der Waals surface area contributed by atoms with E-state index in [-0.39, 0.29) is 24.3 Å². The van der Waals surface area contributed by atoms with E-state index in [1.54, 1.807) is 18.5 Å². The maximum atomic E-state index is 14.6. The summed E-state index contributed by atoms with van der Waals surface area (Å²) in [5.74, 6) is -0.599. The number of nitrogens with zero attached hydrogens (tertiary/aromatic N) is 2. The van der Waals surface area contributed by atoms with Gasteiger partial charge in [-0.25, -0.2) is 18.7 Å². The molecule has 3 aromatic heterocycles. The van der Waals surface area contributed by atoms with E-state index >= 15 is 0 Å². The van der Waals surface area contributed by atoms with E-state index < -0.39 is 11.6 Å².